The van der Waals surface area contributed by atoms with E-state index in [1.165, 1.54) is 12.7 Å². The monoisotopic (exact) mass is 444 g/mol. The molecule has 6 nitrogen and oxygen atoms in total. The number of nitrogens with zero attached hydrogens (tertiary/aromatic N) is 1. The minimum atomic E-state index is -0.377. The Balaban J connectivity index is 1.72. The molecule has 0 amide bonds. The minimum absolute atomic E-state index is 0.141. The van der Waals surface area contributed by atoms with Crippen LogP contribution in [0.2, 0.25) is 0 Å². The molecular formula is C27H28N2O4. The lowest BCUT2D eigenvalue weighted by atomic mass is 9.93. The molecule has 1 aliphatic rings. The molecule has 1 aliphatic heterocycles. The lowest BCUT2D eigenvalue weighted by Gasteiger charge is -2.31. The molecule has 0 saturated heterocycles. The standard InChI is InChI=1S/C27H28N2O4/c1-4-33-24-7-5-6-21(25(24)30)23-16-22(18-10-8-17(2)9-11-18)28-26(29-23)19-12-14-20(15-13-19)27(31)32-3/h5-15,23,26,29-30H,4,16H2,1-3H3/t23-,26-/m0/s1. The predicted molar refractivity (Wildman–Crippen MR) is 128 cm³/mol. The van der Waals surface area contributed by atoms with Gasteiger partial charge in [0.1, 0.15) is 6.17 Å². The quantitative estimate of drug-likeness (QED) is 0.517. The van der Waals surface area contributed by atoms with Crippen molar-refractivity contribution in [2.75, 3.05) is 13.7 Å². The molecule has 33 heavy (non-hydrogen) atoms. The minimum Gasteiger partial charge on any atom is -0.504 e. The van der Waals surface area contributed by atoms with Crippen LogP contribution >= 0.6 is 0 Å². The topological polar surface area (TPSA) is 80.2 Å². The van der Waals surface area contributed by atoms with Crippen molar-refractivity contribution < 1.29 is 19.4 Å². The molecule has 6 heteroatoms. The lowest BCUT2D eigenvalue weighted by Crippen LogP contribution is -2.33. The molecular weight excluding hydrogens is 416 g/mol. The van der Waals surface area contributed by atoms with Gasteiger partial charge in [-0.3, -0.25) is 10.3 Å². The number of nitrogens with one attached hydrogen (secondary N) is 1. The smallest absolute Gasteiger partial charge is 0.337 e. The van der Waals surface area contributed by atoms with Crippen LogP contribution in [0.5, 0.6) is 11.5 Å². The van der Waals surface area contributed by atoms with Crippen LogP contribution in [0, 0.1) is 6.92 Å². The molecule has 0 unspecified atom stereocenters. The van der Waals surface area contributed by atoms with Crippen LogP contribution in [0.3, 0.4) is 0 Å². The summed E-state index contributed by atoms with van der Waals surface area (Å²) in [4.78, 5) is 16.8. The highest BCUT2D eigenvalue weighted by Gasteiger charge is 2.28. The first-order valence-electron chi connectivity index (χ1n) is 11.0. The first kappa shape index (κ1) is 22.6. The van der Waals surface area contributed by atoms with E-state index in [2.05, 4.69) is 36.5 Å². The maximum absolute atomic E-state index is 11.8. The molecule has 3 aromatic carbocycles. The summed E-state index contributed by atoms with van der Waals surface area (Å²) in [5.41, 5.74) is 5.33. The van der Waals surface area contributed by atoms with Crippen LogP contribution in [0.25, 0.3) is 0 Å². The van der Waals surface area contributed by atoms with Crippen LogP contribution in [0.15, 0.2) is 71.7 Å². The zero-order valence-corrected chi connectivity index (χ0v) is 19.0. The van der Waals surface area contributed by atoms with Crippen LogP contribution < -0.4 is 10.1 Å². The van der Waals surface area contributed by atoms with Crippen molar-refractivity contribution in [2.24, 2.45) is 4.99 Å². The van der Waals surface area contributed by atoms with E-state index in [-0.39, 0.29) is 23.9 Å². The Kier molecular flexibility index (Phi) is 6.75. The number of hydrogen-bond donors (Lipinski definition) is 2. The van der Waals surface area contributed by atoms with E-state index in [0.29, 0.717) is 24.3 Å². The number of benzene rings is 3. The van der Waals surface area contributed by atoms with Crippen LogP contribution in [0.4, 0.5) is 0 Å². The number of phenolic OH excluding ortho intramolecular Hbond substituents is 1. The van der Waals surface area contributed by atoms with Crippen molar-refractivity contribution in [3.05, 3.63) is 94.5 Å². The second-order valence-corrected chi connectivity index (χ2v) is 8.01. The van der Waals surface area contributed by atoms with Crippen LogP contribution in [-0.4, -0.2) is 30.5 Å². The van der Waals surface area contributed by atoms with Gasteiger partial charge in [0.25, 0.3) is 0 Å². The van der Waals surface area contributed by atoms with Crippen LogP contribution in [-0.2, 0) is 4.74 Å². The van der Waals surface area contributed by atoms with E-state index in [1.807, 2.05) is 31.2 Å². The van der Waals surface area contributed by atoms with Crippen molar-refractivity contribution in [1.82, 2.24) is 5.32 Å². The zero-order valence-electron chi connectivity index (χ0n) is 19.0. The maximum atomic E-state index is 11.8. The summed E-state index contributed by atoms with van der Waals surface area (Å²) in [6.45, 7) is 4.42. The first-order chi connectivity index (χ1) is 16.0. The number of rotatable bonds is 6. The summed E-state index contributed by atoms with van der Waals surface area (Å²) >= 11 is 0. The van der Waals surface area contributed by atoms with Gasteiger partial charge in [0, 0.05) is 23.7 Å². The van der Waals surface area contributed by atoms with Crippen molar-refractivity contribution in [2.45, 2.75) is 32.5 Å². The fourth-order valence-electron chi connectivity index (χ4n) is 4.01. The van der Waals surface area contributed by atoms with E-state index < -0.39 is 0 Å². The maximum Gasteiger partial charge on any atom is 0.337 e. The van der Waals surface area contributed by atoms with E-state index in [4.69, 9.17) is 14.5 Å². The number of aliphatic imine (C=N–C) groups is 1. The number of esters is 1. The van der Waals surface area contributed by atoms with E-state index in [0.717, 1.165) is 22.4 Å². The third kappa shape index (κ3) is 4.91. The molecule has 2 atom stereocenters. The fraction of sp³-hybridized carbons (Fsp3) is 0.259. The lowest BCUT2D eigenvalue weighted by molar-refractivity contribution is 0.0600. The number of aromatic hydroxyl groups is 1. The number of aryl methyl sites for hydroxylation is 1. The SMILES string of the molecule is CCOc1cccc([C@@H]2CC(c3ccc(C)cc3)=N[C@H](c3ccc(C(=O)OC)cc3)N2)c1O. The largest absolute Gasteiger partial charge is 0.504 e. The number of carbonyl (C=O) groups is 1. The van der Waals surface area contributed by atoms with E-state index in [9.17, 15) is 9.90 Å². The van der Waals surface area contributed by atoms with Crippen molar-refractivity contribution in [3.63, 3.8) is 0 Å². The second kappa shape index (κ2) is 9.88. The molecule has 3 aromatic rings. The van der Waals surface area contributed by atoms with E-state index >= 15 is 0 Å². The molecule has 0 saturated carbocycles. The van der Waals surface area contributed by atoms with Crippen molar-refractivity contribution in [3.8, 4) is 11.5 Å². The number of ether oxygens (including phenoxy) is 2. The molecule has 0 aromatic heterocycles. The number of methoxy groups -OCH3 is 1. The molecule has 0 aliphatic carbocycles. The third-order valence-corrected chi connectivity index (χ3v) is 5.78. The van der Waals surface area contributed by atoms with Gasteiger partial charge in [-0.1, -0.05) is 54.1 Å². The Labute approximate surface area is 193 Å². The number of hydrogen-bond acceptors (Lipinski definition) is 6. The van der Waals surface area contributed by atoms with Gasteiger partial charge in [-0.15, -0.1) is 0 Å². The zero-order chi connectivity index (χ0) is 23.4. The molecule has 0 fully saturated rings. The van der Waals surface area contributed by atoms with Gasteiger partial charge in [-0.25, -0.2) is 4.79 Å². The van der Waals surface area contributed by atoms with Gasteiger partial charge in [0.05, 0.1) is 19.3 Å². The first-order valence-corrected chi connectivity index (χ1v) is 11.0. The Morgan fingerprint density at radius 2 is 1.82 bits per heavy atom. The average Bonchev–Trinajstić information content (AvgIpc) is 2.85. The second-order valence-electron chi connectivity index (χ2n) is 8.01. The molecule has 4 rings (SSSR count). The van der Waals surface area contributed by atoms with Gasteiger partial charge in [0.2, 0.25) is 0 Å². The summed E-state index contributed by atoms with van der Waals surface area (Å²) in [6, 6.07) is 20.9. The van der Waals surface area contributed by atoms with Gasteiger partial charge < -0.3 is 14.6 Å². The van der Waals surface area contributed by atoms with Crippen molar-refractivity contribution in [1.29, 1.82) is 0 Å². The number of para-hydroxylation sites is 1. The summed E-state index contributed by atoms with van der Waals surface area (Å²) in [5.74, 6) is 0.231. The number of carbonyl (C=O) groups excluding carboxylic acids is 1. The molecule has 0 bridgehead atoms. The molecule has 2 N–H and O–H groups in total. The fourth-order valence-corrected chi connectivity index (χ4v) is 4.01. The molecule has 0 radical (unpaired) electrons. The highest BCUT2D eigenvalue weighted by Crippen LogP contribution is 2.38. The number of phenols is 1. The van der Waals surface area contributed by atoms with Gasteiger partial charge >= 0.3 is 5.97 Å². The third-order valence-electron chi connectivity index (χ3n) is 5.78. The average molecular weight is 445 g/mol. The summed E-state index contributed by atoms with van der Waals surface area (Å²) in [5, 5.41) is 14.4. The normalized spacial score (nSPS) is 17.8. The summed E-state index contributed by atoms with van der Waals surface area (Å²) in [7, 11) is 1.37. The Morgan fingerprint density at radius 3 is 2.48 bits per heavy atom. The van der Waals surface area contributed by atoms with Gasteiger partial charge in [0.15, 0.2) is 11.5 Å². The molecule has 0 spiro atoms. The van der Waals surface area contributed by atoms with E-state index in [1.54, 1.807) is 18.2 Å². The van der Waals surface area contributed by atoms with Crippen molar-refractivity contribution >= 4 is 11.7 Å². The summed E-state index contributed by atoms with van der Waals surface area (Å²) in [6.07, 6.45) is 0.269. The van der Waals surface area contributed by atoms with Gasteiger partial charge in [-0.2, -0.15) is 0 Å². The highest BCUT2D eigenvalue weighted by atomic mass is 16.5. The Morgan fingerprint density at radius 1 is 1.09 bits per heavy atom. The Bertz CT molecular complexity index is 1150. The highest BCUT2D eigenvalue weighted by molar-refractivity contribution is 6.01. The summed E-state index contributed by atoms with van der Waals surface area (Å²) < 4.78 is 10.4. The molecule has 170 valence electrons. The Hall–Kier alpha value is -3.64. The predicted octanol–water partition coefficient (Wildman–Crippen LogP) is 5.11. The van der Waals surface area contributed by atoms with Crippen LogP contribution in [0.1, 0.15) is 58.2 Å². The van der Waals surface area contributed by atoms with Gasteiger partial charge in [-0.05, 0) is 43.2 Å². The molecule has 1 heterocycles.